The van der Waals surface area contributed by atoms with Crippen molar-refractivity contribution in [3.63, 3.8) is 0 Å². The highest BCUT2D eigenvalue weighted by Gasteiger charge is 2.22. The van der Waals surface area contributed by atoms with E-state index in [1.807, 2.05) is 6.07 Å². The first kappa shape index (κ1) is 16.2. The molecular weight excluding hydrogens is 288 g/mol. The average Bonchev–Trinajstić information content (AvgIpc) is 2.50. The molecule has 21 heavy (non-hydrogen) atoms. The van der Waals surface area contributed by atoms with Crippen molar-refractivity contribution >= 4 is 17.3 Å². The number of nitro benzene ring substituents is 1. The lowest BCUT2D eigenvalue weighted by atomic mass is 9.83. The van der Waals surface area contributed by atoms with Crippen molar-refractivity contribution in [3.8, 4) is 0 Å². The number of rotatable bonds is 6. The molecule has 1 saturated carbocycles. The third kappa shape index (κ3) is 4.42. The number of hydrogen-bond donors (Lipinski definition) is 1. The molecule has 1 fully saturated rings. The van der Waals surface area contributed by atoms with Crippen molar-refractivity contribution < 1.29 is 4.92 Å². The number of benzene rings is 1. The van der Waals surface area contributed by atoms with Crippen molar-refractivity contribution in [2.45, 2.75) is 58.0 Å². The van der Waals surface area contributed by atoms with Crippen LogP contribution in [0.5, 0.6) is 0 Å². The standard InChI is InChI=1S/C16H23ClN2O2/c1-2-15(13-6-4-3-5-7-13)18-11-12-8-9-14(17)16(10-12)19(20)21/h8-10,13,15,18H,2-7,11H2,1H3. The van der Waals surface area contributed by atoms with Crippen LogP contribution in [0.2, 0.25) is 5.02 Å². The van der Waals surface area contributed by atoms with E-state index in [9.17, 15) is 10.1 Å². The third-order valence-electron chi connectivity index (χ3n) is 4.43. The minimum absolute atomic E-state index is 0.0123. The second-order valence-corrected chi connectivity index (χ2v) is 6.24. The van der Waals surface area contributed by atoms with E-state index >= 15 is 0 Å². The fourth-order valence-electron chi connectivity index (χ4n) is 3.24. The molecule has 0 aromatic heterocycles. The molecule has 5 heteroatoms. The Balaban J connectivity index is 1.97. The number of nitrogens with one attached hydrogen (secondary N) is 1. The predicted octanol–water partition coefficient (Wildman–Crippen LogP) is 4.70. The van der Waals surface area contributed by atoms with Gasteiger partial charge in [-0.15, -0.1) is 0 Å². The zero-order chi connectivity index (χ0) is 15.2. The van der Waals surface area contributed by atoms with E-state index in [0.717, 1.165) is 17.9 Å². The minimum Gasteiger partial charge on any atom is -0.310 e. The predicted molar refractivity (Wildman–Crippen MR) is 85.6 cm³/mol. The van der Waals surface area contributed by atoms with Gasteiger partial charge in [0.2, 0.25) is 0 Å². The van der Waals surface area contributed by atoms with Gasteiger partial charge in [0, 0.05) is 18.7 Å². The fourth-order valence-corrected chi connectivity index (χ4v) is 3.42. The molecule has 0 amide bonds. The zero-order valence-electron chi connectivity index (χ0n) is 12.5. The molecule has 0 spiro atoms. The van der Waals surface area contributed by atoms with Gasteiger partial charge in [0.05, 0.1) is 4.92 Å². The number of hydrogen-bond acceptors (Lipinski definition) is 3. The van der Waals surface area contributed by atoms with Crippen LogP contribution in [0, 0.1) is 16.0 Å². The van der Waals surface area contributed by atoms with Gasteiger partial charge < -0.3 is 5.32 Å². The summed E-state index contributed by atoms with van der Waals surface area (Å²) in [6, 6.07) is 5.54. The van der Waals surface area contributed by atoms with E-state index in [0.29, 0.717) is 12.6 Å². The first-order chi connectivity index (χ1) is 10.1. The summed E-state index contributed by atoms with van der Waals surface area (Å²) < 4.78 is 0. The van der Waals surface area contributed by atoms with E-state index in [1.165, 1.54) is 32.1 Å². The molecule has 1 atom stereocenters. The molecule has 1 aromatic rings. The van der Waals surface area contributed by atoms with Gasteiger partial charge in [0.15, 0.2) is 0 Å². The summed E-state index contributed by atoms with van der Waals surface area (Å²) in [5, 5.41) is 14.7. The van der Waals surface area contributed by atoms with Crippen LogP contribution in [-0.4, -0.2) is 11.0 Å². The van der Waals surface area contributed by atoms with E-state index in [-0.39, 0.29) is 10.7 Å². The minimum atomic E-state index is -0.426. The monoisotopic (exact) mass is 310 g/mol. The molecule has 1 aliphatic carbocycles. The van der Waals surface area contributed by atoms with Gasteiger partial charge in [-0.2, -0.15) is 0 Å². The van der Waals surface area contributed by atoms with Gasteiger partial charge >= 0.3 is 0 Å². The van der Waals surface area contributed by atoms with Crippen molar-refractivity contribution in [2.24, 2.45) is 5.92 Å². The lowest BCUT2D eigenvalue weighted by molar-refractivity contribution is -0.384. The molecule has 0 aliphatic heterocycles. The van der Waals surface area contributed by atoms with Gasteiger partial charge in [-0.1, -0.05) is 43.9 Å². The highest BCUT2D eigenvalue weighted by atomic mass is 35.5. The summed E-state index contributed by atoms with van der Waals surface area (Å²) in [6.45, 7) is 2.86. The summed E-state index contributed by atoms with van der Waals surface area (Å²) in [4.78, 5) is 10.5. The Morgan fingerprint density at radius 2 is 2.10 bits per heavy atom. The largest absolute Gasteiger partial charge is 0.310 e. The van der Waals surface area contributed by atoms with Crippen LogP contribution in [0.1, 0.15) is 51.0 Å². The van der Waals surface area contributed by atoms with Gasteiger partial charge in [0.25, 0.3) is 5.69 Å². The van der Waals surface area contributed by atoms with E-state index in [2.05, 4.69) is 12.2 Å². The average molecular weight is 311 g/mol. The van der Waals surface area contributed by atoms with Crippen LogP contribution in [0.4, 0.5) is 5.69 Å². The lowest BCUT2D eigenvalue weighted by Crippen LogP contribution is -2.36. The topological polar surface area (TPSA) is 55.2 Å². The molecule has 0 saturated heterocycles. The SMILES string of the molecule is CCC(NCc1ccc(Cl)c([N+](=O)[O-])c1)C1CCCCC1. The Bertz CT molecular complexity index is 487. The second kappa shape index (κ2) is 7.76. The lowest BCUT2D eigenvalue weighted by Gasteiger charge is -2.30. The highest BCUT2D eigenvalue weighted by molar-refractivity contribution is 6.32. The molecular formula is C16H23ClN2O2. The van der Waals surface area contributed by atoms with E-state index in [4.69, 9.17) is 11.6 Å². The van der Waals surface area contributed by atoms with Crippen molar-refractivity contribution in [1.82, 2.24) is 5.32 Å². The van der Waals surface area contributed by atoms with Crippen LogP contribution >= 0.6 is 11.6 Å². The normalized spacial score (nSPS) is 17.6. The van der Waals surface area contributed by atoms with Crippen molar-refractivity contribution in [3.05, 3.63) is 38.9 Å². The molecule has 1 aliphatic rings. The van der Waals surface area contributed by atoms with Crippen LogP contribution < -0.4 is 5.32 Å². The van der Waals surface area contributed by atoms with Crippen LogP contribution in [0.3, 0.4) is 0 Å². The maximum absolute atomic E-state index is 10.9. The summed E-state index contributed by atoms with van der Waals surface area (Å²) in [5.74, 6) is 0.742. The zero-order valence-corrected chi connectivity index (χ0v) is 13.2. The Morgan fingerprint density at radius 1 is 1.38 bits per heavy atom. The van der Waals surface area contributed by atoms with E-state index < -0.39 is 4.92 Å². The van der Waals surface area contributed by atoms with Crippen LogP contribution in [0.15, 0.2) is 18.2 Å². The van der Waals surface area contributed by atoms with Crippen LogP contribution in [-0.2, 0) is 6.54 Å². The Labute approximate surface area is 131 Å². The van der Waals surface area contributed by atoms with Crippen LogP contribution in [0.25, 0.3) is 0 Å². The molecule has 0 bridgehead atoms. The Kier molecular flexibility index (Phi) is 6.00. The van der Waals surface area contributed by atoms with Crippen molar-refractivity contribution in [1.29, 1.82) is 0 Å². The fraction of sp³-hybridized carbons (Fsp3) is 0.625. The second-order valence-electron chi connectivity index (χ2n) is 5.84. The molecule has 0 radical (unpaired) electrons. The highest BCUT2D eigenvalue weighted by Crippen LogP contribution is 2.28. The molecule has 2 rings (SSSR count). The molecule has 1 aromatic carbocycles. The van der Waals surface area contributed by atoms with Gasteiger partial charge in [-0.05, 0) is 36.8 Å². The molecule has 116 valence electrons. The smallest absolute Gasteiger partial charge is 0.288 e. The third-order valence-corrected chi connectivity index (χ3v) is 4.75. The summed E-state index contributed by atoms with van der Waals surface area (Å²) >= 11 is 5.84. The van der Waals surface area contributed by atoms with Crippen molar-refractivity contribution in [2.75, 3.05) is 0 Å². The molecule has 4 nitrogen and oxygen atoms in total. The summed E-state index contributed by atoms with van der Waals surface area (Å²) in [6.07, 6.45) is 7.71. The number of nitro groups is 1. The Hall–Kier alpha value is -1.13. The first-order valence-corrected chi connectivity index (χ1v) is 8.15. The quantitative estimate of drug-likeness (QED) is 0.612. The van der Waals surface area contributed by atoms with Gasteiger partial charge in [-0.3, -0.25) is 10.1 Å². The summed E-state index contributed by atoms with van der Waals surface area (Å²) in [7, 11) is 0. The number of halogens is 1. The Morgan fingerprint density at radius 3 is 2.71 bits per heavy atom. The van der Waals surface area contributed by atoms with E-state index in [1.54, 1.807) is 12.1 Å². The first-order valence-electron chi connectivity index (χ1n) is 7.78. The summed E-state index contributed by atoms with van der Waals surface area (Å²) in [5.41, 5.74) is 0.905. The maximum Gasteiger partial charge on any atom is 0.288 e. The van der Waals surface area contributed by atoms with Gasteiger partial charge in [0.1, 0.15) is 5.02 Å². The number of nitrogens with zero attached hydrogens (tertiary/aromatic N) is 1. The molecule has 1 N–H and O–H groups in total. The molecule has 1 unspecified atom stereocenters. The van der Waals surface area contributed by atoms with Gasteiger partial charge in [-0.25, -0.2) is 0 Å². The maximum atomic E-state index is 10.9. The molecule has 0 heterocycles.